The molecule has 1 aromatic rings. The summed E-state index contributed by atoms with van der Waals surface area (Å²) < 4.78 is 5.36. The summed E-state index contributed by atoms with van der Waals surface area (Å²) in [7, 11) is 0. The molecule has 0 saturated carbocycles. The van der Waals surface area contributed by atoms with E-state index in [0.717, 1.165) is 18.5 Å². The highest BCUT2D eigenvalue weighted by Gasteiger charge is 2.13. The minimum absolute atomic E-state index is 0.198. The number of hydrogen-bond acceptors (Lipinski definition) is 3. The molecule has 94 valence electrons. The Bertz CT molecular complexity index is 388. The van der Waals surface area contributed by atoms with Crippen molar-refractivity contribution in [3.05, 3.63) is 23.5 Å². The van der Waals surface area contributed by atoms with E-state index in [4.69, 9.17) is 9.84 Å². The van der Waals surface area contributed by atoms with Gasteiger partial charge in [0.1, 0.15) is 5.56 Å². The summed E-state index contributed by atoms with van der Waals surface area (Å²) in [5.74, 6) is -0.165. The lowest BCUT2D eigenvalue weighted by molar-refractivity contribution is 0.0692. The van der Waals surface area contributed by atoms with Crippen LogP contribution in [0.3, 0.4) is 0 Å². The van der Waals surface area contributed by atoms with Crippen LogP contribution < -0.4 is 4.74 Å². The molecule has 0 aliphatic rings. The Morgan fingerprint density at radius 2 is 2.24 bits per heavy atom. The van der Waals surface area contributed by atoms with Crippen LogP contribution in [0.5, 0.6) is 5.75 Å². The number of rotatable bonds is 6. The fourth-order valence-corrected chi connectivity index (χ4v) is 1.51. The quantitative estimate of drug-likeness (QED) is 0.826. The molecular formula is C13H19NO3. The molecule has 0 aromatic carbocycles. The smallest absolute Gasteiger partial charge is 0.339 e. The van der Waals surface area contributed by atoms with Gasteiger partial charge in [-0.25, -0.2) is 4.79 Å². The largest absolute Gasteiger partial charge is 0.491 e. The number of aromatic nitrogens is 1. The third-order valence-electron chi connectivity index (χ3n) is 2.23. The van der Waals surface area contributed by atoms with Gasteiger partial charge in [0.05, 0.1) is 12.8 Å². The molecule has 17 heavy (non-hydrogen) atoms. The molecule has 1 aromatic heterocycles. The van der Waals surface area contributed by atoms with E-state index in [2.05, 4.69) is 18.8 Å². The number of ether oxygens (including phenoxy) is 1. The van der Waals surface area contributed by atoms with Crippen molar-refractivity contribution in [2.45, 2.75) is 33.6 Å². The molecule has 0 spiro atoms. The van der Waals surface area contributed by atoms with E-state index >= 15 is 0 Å². The van der Waals surface area contributed by atoms with Gasteiger partial charge in [-0.05, 0) is 24.8 Å². The van der Waals surface area contributed by atoms with E-state index in [1.165, 1.54) is 6.20 Å². The SMILES string of the molecule is CCCOc1cnc(CC(C)C)cc1C(=O)O. The predicted octanol–water partition coefficient (Wildman–Crippen LogP) is 2.77. The Morgan fingerprint density at radius 3 is 2.76 bits per heavy atom. The molecule has 0 amide bonds. The third-order valence-corrected chi connectivity index (χ3v) is 2.23. The van der Waals surface area contributed by atoms with Crippen LogP contribution in [0.1, 0.15) is 43.2 Å². The average Bonchev–Trinajstić information content (AvgIpc) is 2.26. The highest BCUT2D eigenvalue weighted by Crippen LogP contribution is 2.19. The average molecular weight is 237 g/mol. The molecule has 0 aliphatic carbocycles. The predicted molar refractivity (Wildman–Crippen MR) is 65.5 cm³/mol. The van der Waals surface area contributed by atoms with E-state index < -0.39 is 5.97 Å². The van der Waals surface area contributed by atoms with Crippen molar-refractivity contribution >= 4 is 5.97 Å². The Kier molecular flexibility index (Phi) is 4.94. The molecule has 0 fully saturated rings. The standard InChI is InChI=1S/C13H19NO3/c1-4-5-17-12-8-14-10(6-9(2)3)7-11(12)13(15)16/h7-9H,4-6H2,1-3H3,(H,15,16). The molecule has 1 heterocycles. The van der Waals surface area contributed by atoms with Gasteiger partial charge in [-0.2, -0.15) is 0 Å². The van der Waals surface area contributed by atoms with Crippen LogP contribution in [-0.4, -0.2) is 22.7 Å². The number of carbonyl (C=O) groups is 1. The van der Waals surface area contributed by atoms with Crippen molar-refractivity contribution in [3.63, 3.8) is 0 Å². The highest BCUT2D eigenvalue weighted by molar-refractivity contribution is 5.90. The van der Waals surface area contributed by atoms with Gasteiger partial charge in [0.15, 0.2) is 5.75 Å². The molecule has 0 saturated heterocycles. The van der Waals surface area contributed by atoms with E-state index in [9.17, 15) is 4.79 Å². The molecule has 0 radical (unpaired) electrons. The molecular weight excluding hydrogens is 218 g/mol. The van der Waals surface area contributed by atoms with Crippen molar-refractivity contribution in [2.75, 3.05) is 6.61 Å². The second-order valence-electron chi connectivity index (χ2n) is 4.42. The van der Waals surface area contributed by atoms with Gasteiger partial charge in [0.2, 0.25) is 0 Å². The zero-order valence-electron chi connectivity index (χ0n) is 10.6. The highest BCUT2D eigenvalue weighted by atomic mass is 16.5. The molecule has 4 heteroatoms. The molecule has 0 unspecified atom stereocenters. The summed E-state index contributed by atoms with van der Waals surface area (Å²) in [6.07, 6.45) is 3.12. The van der Waals surface area contributed by atoms with Gasteiger partial charge >= 0.3 is 5.97 Å². The Morgan fingerprint density at radius 1 is 1.53 bits per heavy atom. The number of carboxylic acid groups (broad SMARTS) is 1. The fourth-order valence-electron chi connectivity index (χ4n) is 1.51. The first kappa shape index (κ1) is 13.5. The molecule has 0 atom stereocenters. The van der Waals surface area contributed by atoms with Crippen LogP contribution in [0.2, 0.25) is 0 Å². The molecule has 1 rings (SSSR count). The maximum Gasteiger partial charge on any atom is 0.339 e. The molecule has 0 bridgehead atoms. The second kappa shape index (κ2) is 6.23. The van der Waals surface area contributed by atoms with E-state index in [0.29, 0.717) is 18.3 Å². The van der Waals surface area contributed by atoms with Gasteiger partial charge in [-0.15, -0.1) is 0 Å². The third kappa shape index (κ3) is 4.06. The zero-order valence-corrected chi connectivity index (χ0v) is 10.6. The summed E-state index contributed by atoms with van der Waals surface area (Å²) in [4.78, 5) is 15.3. The normalized spacial score (nSPS) is 10.6. The summed E-state index contributed by atoms with van der Waals surface area (Å²) in [6, 6.07) is 1.60. The van der Waals surface area contributed by atoms with Crippen LogP contribution in [0.25, 0.3) is 0 Å². The fraction of sp³-hybridized carbons (Fsp3) is 0.538. The topological polar surface area (TPSA) is 59.4 Å². The van der Waals surface area contributed by atoms with Gasteiger partial charge in [0, 0.05) is 5.69 Å². The summed E-state index contributed by atoms with van der Waals surface area (Å²) in [5.41, 5.74) is 0.991. The van der Waals surface area contributed by atoms with Crippen LogP contribution in [0.4, 0.5) is 0 Å². The van der Waals surface area contributed by atoms with Gasteiger partial charge in [-0.1, -0.05) is 20.8 Å². The van der Waals surface area contributed by atoms with Crippen LogP contribution in [-0.2, 0) is 6.42 Å². The number of nitrogens with zero attached hydrogens (tertiary/aromatic N) is 1. The van der Waals surface area contributed by atoms with Gasteiger partial charge in [0.25, 0.3) is 0 Å². The number of carboxylic acids is 1. The van der Waals surface area contributed by atoms with E-state index in [1.54, 1.807) is 6.07 Å². The van der Waals surface area contributed by atoms with Gasteiger partial charge in [-0.3, -0.25) is 4.98 Å². The lowest BCUT2D eigenvalue weighted by atomic mass is 10.1. The monoisotopic (exact) mass is 237 g/mol. The first-order chi connectivity index (χ1) is 8.04. The first-order valence-corrected chi connectivity index (χ1v) is 5.89. The van der Waals surface area contributed by atoms with E-state index in [1.807, 2.05) is 6.92 Å². The van der Waals surface area contributed by atoms with E-state index in [-0.39, 0.29) is 5.56 Å². The Labute approximate surface area is 102 Å². The first-order valence-electron chi connectivity index (χ1n) is 5.89. The zero-order chi connectivity index (χ0) is 12.8. The number of hydrogen-bond donors (Lipinski definition) is 1. The summed E-state index contributed by atoms with van der Waals surface area (Å²) in [5, 5.41) is 9.12. The minimum atomic E-state index is -0.969. The molecule has 0 aliphatic heterocycles. The van der Waals surface area contributed by atoms with Crippen LogP contribution in [0, 0.1) is 5.92 Å². The van der Waals surface area contributed by atoms with Crippen molar-refractivity contribution in [3.8, 4) is 5.75 Å². The van der Waals surface area contributed by atoms with Crippen LogP contribution >= 0.6 is 0 Å². The maximum atomic E-state index is 11.1. The minimum Gasteiger partial charge on any atom is -0.491 e. The summed E-state index contributed by atoms with van der Waals surface area (Å²) in [6.45, 7) is 6.62. The number of pyridine rings is 1. The molecule has 1 N–H and O–H groups in total. The summed E-state index contributed by atoms with van der Waals surface area (Å²) >= 11 is 0. The lowest BCUT2D eigenvalue weighted by Crippen LogP contribution is -2.07. The molecule has 4 nitrogen and oxygen atoms in total. The van der Waals surface area contributed by atoms with Crippen molar-refractivity contribution < 1.29 is 14.6 Å². The van der Waals surface area contributed by atoms with Crippen molar-refractivity contribution in [1.29, 1.82) is 0 Å². The van der Waals surface area contributed by atoms with Crippen molar-refractivity contribution in [1.82, 2.24) is 4.98 Å². The number of aromatic carboxylic acids is 1. The lowest BCUT2D eigenvalue weighted by Gasteiger charge is -2.10. The maximum absolute atomic E-state index is 11.1. The Balaban J connectivity index is 2.95. The Hall–Kier alpha value is -1.58. The second-order valence-corrected chi connectivity index (χ2v) is 4.42. The van der Waals surface area contributed by atoms with Crippen LogP contribution in [0.15, 0.2) is 12.3 Å². The van der Waals surface area contributed by atoms with Crippen molar-refractivity contribution in [2.24, 2.45) is 5.92 Å². The van der Waals surface area contributed by atoms with Gasteiger partial charge < -0.3 is 9.84 Å².